The van der Waals surface area contributed by atoms with Crippen LogP contribution in [0.25, 0.3) is 0 Å². The molecule has 150 valence electrons. The minimum atomic E-state index is -0.238. The number of rotatable bonds is 10. The highest BCUT2D eigenvalue weighted by Gasteiger charge is 2.38. The van der Waals surface area contributed by atoms with Gasteiger partial charge in [-0.05, 0) is 31.6 Å². The van der Waals surface area contributed by atoms with Crippen molar-refractivity contribution in [2.75, 3.05) is 40.4 Å². The number of carbonyl (C=O) groups excluding carboxylic acids is 2. The number of carbonyl (C=O) groups is 2. The van der Waals surface area contributed by atoms with Crippen molar-refractivity contribution in [2.45, 2.75) is 44.2 Å². The molecular weight excluding hydrogens is 348 g/mol. The van der Waals surface area contributed by atoms with E-state index in [1.165, 1.54) is 25.4 Å². The molecule has 1 saturated heterocycles. The Morgan fingerprint density at radius 1 is 1.33 bits per heavy atom. The lowest BCUT2D eigenvalue weighted by molar-refractivity contribution is -0.131. The maximum Gasteiger partial charge on any atom is 0.288 e. The molecule has 8 nitrogen and oxygen atoms in total. The first-order valence-electron chi connectivity index (χ1n) is 9.73. The van der Waals surface area contributed by atoms with Crippen molar-refractivity contribution >= 4 is 11.8 Å². The van der Waals surface area contributed by atoms with Crippen molar-refractivity contribution < 1.29 is 18.7 Å². The van der Waals surface area contributed by atoms with E-state index >= 15 is 0 Å². The summed E-state index contributed by atoms with van der Waals surface area (Å²) in [5.74, 6) is 0.884. The fraction of sp³-hybridized carbons (Fsp3) is 0.737. The van der Waals surface area contributed by atoms with Crippen LogP contribution in [-0.4, -0.2) is 79.1 Å². The highest BCUT2D eigenvalue weighted by Crippen LogP contribution is 2.35. The molecule has 2 amide bonds. The molecule has 1 aromatic heterocycles. The first kappa shape index (κ1) is 19.8. The van der Waals surface area contributed by atoms with Gasteiger partial charge in [0.25, 0.3) is 5.91 Å². The number of likely N-dealkylation sites (tertiary alicyclic amines) is 1. The smallest absolute Gasteiger partial charge is 0.288 e. The minimum Gasteiger partial charge on any atom is -0.438 e. The molecule has 0 spiro atoms. The molecule has 2 aliphatic rings. The lowest BCUT2D eigenvalue weighted by atomic mass is 10.1. The van der Waals surface area contributed by atoms with Gasteiger partial charge in [0, 0.05) is 52.3 Å². The second-order valence-corrected chi connectivity index (χ2v) is 7.61. The lowest BCUT2D eigenvalue weighted by Gasteiger charge is -2.31. The van der Waals surface area contributed by atoms with Crippen molar-refractivity contribution in [3.05, 3.63) is 18.4 Å². The zero-order valence-electron chi connectivity index (χ0n) is 16.2. The number of nitrogens with one attached hydrogen (secondary N) is 1. The van der Waals surface area contributed by atoms with E-state index in [0.29, 0.717) is 26.1 Å². The molecule has 8 heteroatoms. The molecule has 0 radical (unpaired) electrons. The second kappa shape index (κ2) is 9.32. The van der Waals surface area contributed by atoms with Gasteiger partial charge >= 0.3 is 0 Å². The summed E-state index contributed by atoms with van der Waals surface area (Å²) in [4.78, 5) is 32.6. The summed E-state index contributed by atoms with van der Waals surface area (Å²) in [6, 6.07) is 0.509. The molecular formula is C19H30N4O4. The van der Waals surface area contributed by atoms with Crippen LogP contribution in [0.3, 0.4) is 0 Å². The number of amides is 2. The molecule has 1 saturated carbocycles. The third kappa shape index (κ3) is 5.52. The number of methoxy groups -OCH3 is 1. The Kier molecular flexibility index (Phi) is 6.84. The number of nitrogens with zero attached hydrogens (tertiary/aromatic N) is 3. The summed E-state index contributed by atoms with van der Waals surface area (Å²) >= 11 is 0. The summed E-state index contributed by atoms with van der Waals surface area (Å²) < 4.78 is 10.1. The molecule has 1 aliphatic carbocycles. The molecule has 27 heavy (non-hydrogen) atoms. The highest BCUT2D eigenvalue weighted by atomic mass is 16.5. The second-order valence-electron chi connectivity index (χ2n) is 7.61. The zero-order valence-corrected chi connectivity index (χ0v) is 16.2. The van der Waals surface area contributed by atoms with Gasteiger partial charge in [0.1, 0.15) is 0 Å². The number of hydrogen-bond acceptors (Lipinski definition) is 6. The van der Waals surface area contributed by atoms with Crippen LogP contribution in [0.4, 0.5) is 0 Å². The van der Waals surface area contributed by atoms with Crippen LogP contribution in [0.15, 0.2) is 17.0 Å². The summed E-state index contributed by atoms with van der Waals surface area (Å²) in [6.07, 6.45) is 7.71. The average Bonchev–Trinajstić information content (AvgIpc) is 3.16. The van der Waals surface area contributed by atoms with Gasteiger partial charge in [0.2, 0.25) is 11.7 Å². The summed E-state index contributed by atoms with van der Waals surface area (Å²) in [5, 5.41) is 2.95. The van der Waals surface area contributed by atoms with E-state index in [2.05, 4.69) is 15.2 Å². The molecule has 3 rings (SSSR count). The van der Waals surface area contributed by atoms with Crippen LogP contribution < -0.4 is 5.32 Å². The van der Waals surface area contributed by atoms with Gasteiger partial charge in [-0.3, -0.25) is 14.5 Å². The topological polar surface area (TPSA) is 87.9 Å². The summed E-state index contributed by atoms with van der Waals surface area (Å²) in [7, 11) is 3.47. The average molecular weight is 378 g/mol. The fourth-order valence-electron chi connectivity index (χ4n) is 3.69. The normalized spacial score (nSPS) is 22.7. The van der Waals surface area contributed by atoms with Crippen LogP contribution in [-0.2, 0) is 9.53 Å². The number of aromatic nitrogens is 1. The zero-order chi connectivity index (χ0) is 19.2. The minimum absolute atomic E-state index is 0.157. The molecule has 1 aliphatic heterocycles. The highest BCUT2D eigenvalue weighted by molar-refractivity contribution is 5.91. The van der Waals surface area contributed by atoms with Gasteiger partial charge in [0.15, 0.2) is 6.39 Å². The summed E-state index contributed by atoms with van der Waals surface area (Å²) in [5.41, 5.74) is 0. The number of ether oxygens (including phenoxy) is 1. The molecule has 1 N–H and O–H groups in total. The number of likely N-dealkylation sites (N-methyl/N-ethyl adjacent to an activating group) is 1. The van der Waals surface area contributed by atoms with Gasteiger partial charge in [-0.25, -0.2) is 4.98 Å². The van der Waals surface area contributed by atoms with Crippen molar-refractivity contribution in [3.63, 3.8) is 0 Å². The van der Waals surface area contributed by atoms with E-state index in [1.54, 1.807) is 12.0 Å². The van der Waals surface area contributed by atoms with Gasteiger partial charge in [0.05, 0.1) is 12.8 Å². The van der Waals surface area contributed by atoms with E-state index in [9.17, 15) is 9.59 Å². The van der Waals surface area contributed by atoms with Crippen LogP contribution in [0, 0.1) is 5.92 Å². The lowest BCUT2D eigenvalue weighted by Crippen LogP contribution is -2.45. The molecule has 1 aromatic rings. The quantitative estimate of drug-likeness (QED) is 0.657. The fourth-order valence-corrected chi connectivity index (χ4v) is 3.69. The molecule has 2 fully saturated rings. The molecule has 0 aromatic carbocycles. The number of hydrogen-bond donors (Lipinski definition) is 1. The Labute approximate surface area is 160 Å². The van der Waals surface area contributed by atoms with Crippen LogP contribution in [0.1, 0.15) is 42.7 Å². The van der Waals surface area contributed by atoms with E-state index in [0.717, 1.165) is 25.3 Å². The van der Waals surface area contributed by atoms with Gasteiger partial charge in [-0.2, -0.15) is 0 Å². The van der Waals surface area contributed by atoms with Gasteiger partial charge < -0.3 is 19.4 Å². The Hall–Kier alpha value is -1.93. The van der Waals surface area contributed by atoms with Gasteiger partial charge in [-0.1, -0.05) is 0 Å². The molecule has 0 bridgehead atoms. The maximum absolute atomic E-state index is 12.5. The van der Waals surface area contributed by atoms with Crippen molar-refractivity contribution in [1.82, 2.24) is 20.1 Å². The van der Waals surface area contributed by atoms with Crippen LogP contribution in [0.2, 0.25) is 0 Å². The maximum atomic E-state index is 12.5. The largest absolute Gasteiger partial charge is 0.438 e. The molecule has 0 unspecified atom stereocenters. The molecule has 2 heterocycles. The monoisotopic (exact) mass is 378 g/mol. The van der Waals surface area contributed by atoms with Crippen LogP contribution >= 0.6 is 0 Å². The summed E-state index contributed by atoms with van der Waals surface area (Å²) in [6.45, 7) is 2.75. The number of oxazole rings is 1. The third-order valence-corrected chi connectivity index (χ3v) is 5.56. The van der Waals surface area contributed by atoms with E-state index in [4.69, 9.17) is 9.15 Å². The van der Waals surface area contributed by atoms with Crippen molar-refractivity contribution in [3.8, 4) is 0 Å². The first-order chi connectivity index (χ1) is 13.1. The van der Waals surface area contributed by atoms with E-state index < -0.39 is 0 Å². The Bertz CT molecular complexity index is 617. The Morgan fingerprint density at radius 2 is 2.11 bits per heavy atom. The van der Waals surface area contributed by atoms with Crippen LogP contribution in [0.5, 0.6) is 0 Å². The van der Waals surface area contributed by atoms with Crippen molar-refractivity contribution in [1.29, 1.82) is 0 Å². The van der Waals surface area contributed by atoms with E-state index in [1.807, 2.05) is 7.05 Å². The standard InChI is InChI=1S/C19H30N4O4/c1-22(7-8-26-2)18(24)9-15-5-6-16(23(15)12-14-3-4-14)10-21-19(25)17-11-20-13-27-17/h11,13-16H,3-10,12H2,1-2H3,(H,21,25)/t15-,16+/m1/s1. The molecule has 2 atom stereocenters. The first-order valence-corrected chi connectivity index (χ1v) is 9.73. The Morgan fingerprint density at radius 3 is 2.78 bits per heavy atom. The predicted molar refractivity (Wildman–Crippen MR) is 99.2 cm³/mol. The third-order valence-electron chi connectivity index (χ3n) is 5.56. The SMILES string of the molecule is COCCN(C)C(=O)C[C@H]1CC[C@@H](CNC(=O)c2cnco2)N1CC1CC1. The van der Waals surface area contributed by atoms with Crippen molar-refractivity contribution in [2.24, 2.45) is 5.92 Å². The predicted octanol–water partition coefficient (Wildman–Crippen LogP) is 1.14. The van der Waals surface area contributed by atoms with E-state index in [-0.39, 0.29) is 29.7 Å². The van der Waals surface area contributed by atoms with Gasteiger partial charge in [-0.15, -0.1) is 0 Å². The Balaban J connectivity index is 1.53.